The summed E-state index contributed by atoms with van der Waals surface area (Å²) in [6, 6.07) is 16.3. The van der Waals surface area contributed by atoms with E-state index in [9.17, 15) is 0 Å². The van der Waals surface area contributed by atoms with E-state index in [-0.39, 0.29) is 11.3 Å². The number of alkyl halides is 2. The first-order valence-corrected chi connectivity index (χ1v) is 12.1. The molecule has 3 aromatic carbocycles. The van der Waals surface area contributed by atoms with Crippen LogP contribution in [0.2, 0.25) is 0 Å². The van der Waals surface area contributed by atoms with Crippen molar-refractivity contribution in [3.8, 4) is 28.0 Å². The Bertz CT molecular complexity index is 1100. The summed E-state index contributed by atoms with van der Waals surface area (Å²) in [5, 5.41) is 0. The van der Waals surface area contributed by atoms with Gasteiger partial charge in [-0.2, -0.15) is 8.78 Å². The second kappa shape index (κ2) is 10.0. The lowest BCUT2D eigenvalue weighted by molar-refractivity contribution is -0.188. The monoisotopic (exact) mass is 452 g/mol. The fourth-order valence-electron chi connectivity index (χ4n) is 4.56. The number of halogens is 3. The molecular weight excluding hydrogens is 421 g/mol. The van der Waals surface area contributed by atoms with Crippen LogP contribution in [-0.2, 0) is 19.0 Å². The van der Waals surface area contributed by atoms with Crippen LogP contribution in [-0.4, -0.2) is 0 Å². The summed E-state index contributed by atoms with van der Waals surface area (Å²) in [6.45, 7) is 4.27. The van der Waals surface area contributed by atoms with Gasteiger partial charge >= 0.3 is 6.11 Å². The summed E-state index contributed by atoms with van der Waals surface area (Å²) in [5.74, 6) is -1.00. The van der Waals surface area contributed by atoms with Gasteiger partial charge in [-0.1, -0.05) is 94.5 Å². The van der Waals surface area contributed by atoms with Gasteiger partial charge in [0.25, 0.3) is 0 Å². The highest BCUT2D eigenvalue weighted by molar-refractivity contribution is 5.80. The summed E-state index contributed by atoms with van der Waals surface area (Å²) >= 11 is 0. The Balaban J connectivity index is 1.63. The van der Waals surface area contributed by atoms with Crippen molar-refractivity contribution < 1.29 is 17.9 Å². The summed E-state index contributed by atoms with van der Waals surface area (Å²) in [5.41, 5.74) is 3.69. The first-order valence-electron chi connectivity index (χ1n) is 12.1. The van der Waals surface area contributed by atoms with Gasteiger partial charge in [0.05, 0.1) is 5.56 Å². The van der Waals surface area contributed by atoms with E-state index < -0.39 is 11.9 Å². The molecule has 174 valence electrons. The standard InChI is InChI=1S/C29H31F3O/c1-3-5-6-7-8-10-22-15-18-25-24-17-16-23(21-13-11-20(9-4-2)12-14-21)19-26(24)29(31,32)33-28(25)27(22)30/h11-19H,3-10H2,1-2H3. The van der Waals surface area contributed by atoms with Gasteiger partial charge in [-0.25, -0.2) is 4.39 Å². The molecule has 0 unspecified atom stereocenters. The third-order valence-corrected chi connectivity index (χ3v) is 6.41. The molecule has 1 heterocycles. The molecule has 0 bridgehead atoms. The van der Waals surface area contributed by atoms with Gasteiger partial charge in [0.15, 0.2) is 11.6 Å². The van der Waals surface area contributed by atoms with Gasteiger partial charge in [0, 0.05) is 5.56 Å². The highest BCUT2D eigenvalue weighted by atomic mass is 19.3. The highest BCUT2D eigenvalue weighted by Crippen LogP contribution is 2.49. The van der Waals surface area contributed by atoms with Crippen LogP contribution in [0.15, 0.2) is 54.6 Å². The lowest BCUT2D eigenvalue weighted by Gasteiger charge is -2.29. The number of rotatable bonds is 9. The Morgan fingerprint density at radius 3 is 2.15 bits per heavy atom. The molecule has 4 rings (SSSR count). The van der Waals surface area contributed by atoms with Crippen molar-refractivity contribution in [2.45, 2.75) is 71.3 Å². The number of unbranched alkanes of at least 4 members (excludes halogenated alkanes) is 4. The summed E-state index contributed by atoms with van der Waals surface area (Å²) in [6.07, 6.45) is 4.21. The second-order valence-electron chi connectivity index (χ2n) is 8.91. The number of hydrogen-bond acceptors (Lipinski definition) is 1. The highest BCUT2D eigenvalue weighted by Gasteiger charge is 2.43. The average Bonchev–Trinajstić information content (AvgIpc) is 2.81. The molecule has 0 spiro atoms. The Hall–Kier alpha value is -2.75. The van der Waals surface area contributed by atoms with Crippen LogP contribution in [0.5, 0.6) is 5.75 Å². The maximum atomic E-state index is 15.2. The summed E-state index contributed by atoms with van der Waals surface area (Å²) < 4.78 is 50.2. The molecule has 4 heteroatoms. The van der Waals surface area contributed by atoms with Crippen molar-refractivity contribution in [1.29, 1.82) is 0 Å². The van der Waals surface area contributed by atoms with Gasteiger partial charge in [-0.05, 0) is 53.1 Å². The molecular formula is C29H31F3O. The molecule has 0 aromatic heterocycles. The molecule has 0 saturated heterocycles. The van der Waals surface area contributed by atoms with Gasteiger partial charge in [0.2, 0.25) is 0 Å². The van der Waals surface area contributed by atoms with E-state index in [1.807, 2.05) is 30.3 Å². The van der Waals surface area contributed by atoms with E-state index in [4.69, 9.17) is 4.74 Å². The predicted octanol–water partition coefficient (Wildman–Crippen LogP) is 9.07. The summed E-state index contributed by atoms with van der Waals surface area (Å²) in [4.78, 5) is 0. The molecule has 3 aromatic rings. The van der Waals surface area contributed by atoms with E-state index in [1.165, 1.54) is 11.6 Å². The quantitative estimate of drug-likeness (QED) is 0.294. The first kappa shape index (κ1) is 23.4. The fourth-order valence-corrected chi connectivity index (χ4v) is 4.56. The van der Waals surface area contributed by atoms with Gasteiger partial charge in [-0.15, -0.1) is 0 Å². The van der Waals surface area contributed by atoms with Gasteiger partial charge < -0.3 is 4.74 Å². The zero-order valence-electron chi connectivity index (χ0n) is 19.4. The normalized spacial score (nSPS) is 13.8. The minimum absolute atomic E-state index is 0.225. The van der Waals surface area contributed by atoms with Crippen molar-refractivity contribution in [3.63, 3.8) is 0 Å². The van der Waals surface area contributed by atoms with Crippen LogP contribution < -0.4 is 4.74 Å². The SMILES string of the molecule is CCCCCCCc1ccc2c(c1F)OC(F)(F)c1cc(-c3ccc(CCC)cc3)ccc1-2. The zero-order chi connectivity index (χ0) is 23.4. The topological polar surface area (TPSA) is 9.23 Å². The lowest BCUT2D eigenvalue weighted by atomic mass is 9.90. The second-order valence-corrected chi connectivity index (χ2v) is 8.91. The lowest BCUT2D eigenvalue weighted by Crippen LogP contribution is -2.27. The van der Waals surface area contributed by atoms with Crippen molar-refractivity contribution in [1.82, 2.24) is 0 Å². The molecule has 0 amide bonds. The van der Waals surface area contributed by atoms with Crippen LogP contribution in [0.3, 0.4) is 0 Å². The summed E-state index contributed by atoms with van der Waals surface area (Å²) in [7, 11) is 0. The molecule has 1 aliphatic rings. The van der Waals surface area contributed by atoms with Gasteiger partial charge in [-0.3, -0.25) is 0 Å². The maximum Gasteiger partial charge on any atom is 0.427 e. The van der Waals surface area contributed by atoms with Crippen molar-refractivity contribution in [2.24, 2.45) is 0 Å². The van der Waals surface area contributed by atoms with E-state index in [2.05, 4.69) is 13.8 Å². The van der Waals surface area contributed by atoms with Crippen molar-refractivity contribution in [3.05, 3.63) is 77.1 Å². The van der Waals surface area contributed by atoms with E-state index in [0.29, 0.717) is 28.7 Å². The maximum absolute atomic E-state index is 15.2. The van der Waals surface area contributed by atoms with E-state index in [1.54, 1.807) is 18.2 Å². The van der Waals surface area contributed by atoms with E-state index >= 15 is 13.2 Å². The van der Waals surface area contributed by atoms with Crippen molar-refractivity contribution >= 4 is 0 Å². The van der Waals surface area contributed by atoms with Crippen LogP contribution in [0, 0.1) is 5.82 Å². The van der Waals surface area contributed by atoms with Crippen LogP contribution in [0.1, 0.15) is 69.1 Å². The Morgan fingerprint density at radius 2 is 1.42 bits per heavy atom. The molecule has 0 atom stereocenters. The van der Waals surface area contributed by atoms with Crippen LogP contribution >= 0.6 is 0 Å². The van der Waals surface area contributed by atoms with Crippen LogP contribution in [0.4, 0.5) is 13.2 Å². The Morgan fingerprint density at radius 1 is 0.727 bits per heavy atom. The number of fused-ring (bicyclic) bond motifs is 3. The third-order valence-electron chi connectivity index (χ3n) is 6.41. The molecule has 0 saturated carbocycles. The Labute approximate surface area is 194 Å². The minimum Gasteiger partial charge on any atom is -0.425 e. The van der Waals surface area contributed by atoms with Gasteiger partial charge in [0.1, 0.15) is 0 Å². The average molecular weight is 453 g/mol. The van der Waals surface area contributed by atoms with Crippen LogP contribution in [0.25, 0.3) is 22.3 Å². The smallest absolute Gasteiger partial charge is 0.425 e. The van der Waals surface area contributed by atoms with Crippen molar-refractivity contribution in [2.75, 3.05) is 0 Å². The fraction of sp³-hybridized carbons (Fsp3) is 0.379. The molecule has 0 aliphatic carbocycles. The molecule has 1 nitrogen and oxygen atoms in total. The molecule has 0 N–H and O–H groups in total. The molecule has 1 aliphatic heterocycles. The number of hydrogen-bond donors (Lipinski definition) is 0. The molecule has 0 fully saturated rings. The predicted molar refractivity (Wildman–Crippen MR) is 128 cm³/mol. The zero-order valence-corrected chi connectivity index (χ0v) is 19.4. The molecule has 0 radical (unpaired) electrons. The third kappa shape index (κ3) is 4.95. The number of ether oxygens (including phenoxy) is 1. The number of aryl methyl sites for hydroxylation is 2. The first-order chi connectivity index (χ1) is 15.9. The largest absolute Gasteiger partial charge is 0.427 e. The number of benzene rings is 3. The Kier molecular flexibility index (Phi) is 7.11. The molecule has 33 heavy (non-hydrogen) atoms. The minimum atomic E-state index is -3.60. The van der Waals surface area contributed by atoms with E-state index in [0.717, 1.165) is 50.5 Å².